The molecule has 4 aromatic rings. The Kier molecular flexibility index (Phi) is 6.62. The zero-order valence-corrected chi connectivity index (χ0v) is 19.8. The molecule has 2 aromatic heterocycles. The summed E-state index contributed by atoms with van der Waals surface area (Å²) >= 11 is 2.89. The Morgan fingerprint density at radius 1 is 1.21 bits per heavy atom. The molecular formula is C24H21N3O4S2. The van der Waals surface area contributed by atoms with Crippen molar-refractivity contribution in [3.63, 3.8) is 0 Å². The van der Waals surface area contributed by atoms with Crippen molar-refractivity contribution in [2.24, 2.45) is 0 Å². The van der Waals surface area contributed by atoms with E-state index >= 15 is 0 Å². The van der Waals surface area contributed by atoms with Gasteiger partial charge in [0, 0.05) is 16.0 Å². The van der Waals surface area contributed by atoms with Crippen molar-refractivity contribution >= 4 is 51.2 Å². The van der Waals surface area contributed by atoms with Crippen LogP contribution in [0.2, 0.25) is 0 Å². The molecule has 0 saturated heterocycles. The monoisotopic (exact) mass is 479 g/mol. The lowest BCUT2D eigenvalue weighted by Gasteiger charge is -2.14. The molecule has 0 aliphatic rings. The van der Waals surface area contributed by atoms with E-state index in [1.807, 2.05) is 31.2 Å². The maximum Gasteiger partial charge on any atom is 0.237 e. The predicted octanol–water partition coefficient (Wildman–Crippen LogP) is 5.31. The van der Waals surface area contributed by atoms with E-state index in [-0.39, 0.29) is 17.3 Å². The molecule has 1 atom stereocenters. The first kappa shape index (κ1) is 22.8. The molecule has 0 spiro atoms. The summed E-state index contributed by atoms with van der Waals surface area (Å²) in [6.45, 7) is 3.81. The molecule has 0 radical (unpaired) electrons. The number of aromatic hydroxyl groups is 1. The highest BCUT2D eigenvalue weighted by molar-refractivity contribution is 8.00. The average molecular weight is 480 g/mol. The van der Waals surface area contributed by atoms with Crippen LogP contribution in [0, 0.1) is 6.92 Å². The van der Waals surface area contributed by atoms with Crippen molar-refractivity contribution in [2.45, 2.75) is 24.1 Å². The van der Waals surface area contributed by atoms with Crippen LogP contribution in [0.1, 0.15) is 22.2 Å². The number of fused-ring (bicyclic) bond motifs is 1. The molecule has 4 rings (SSSR count). The molecule has 2 N–H and O–H groups in total. The third-order valence-electron chi connectivity index (χ3n) is 5.08. The fourth-order valence-electron chi connectivity index (χ4n) is 3.39. The number of hydrogen-bond acceptors (Lipinski definition) is 8. The largest absolute Gasteiger partial charge is 0.506 e. The first-order valence-electron chi connectivity index (χ1n) is 10.1. The second kappa shape index (κ2) is 9.60. The van der Waals surface area contributed by atoms with Gasteiger partial charge >= 0.3 is 0 Å². The van der Waals surface area contributed by atoms with Gasteiger partial charge in [-0.2, -0.15) is 0 Å². The number of ether oxygens (including phenoxy) is 1. The van der Waals surface area contributed by atoms with Gasteiger partial charge in [-0.25, -0.2) is 9.97 Å². The van der Waals surface area contributed by atoms with E-state index in [9.17, 15) is 14.7 Å². The van der Waals surface area contributed by atoms with Crippen molar-refractivity contribution in [1.29, 1.82) is 0 Å². The van der Waals surface area contributed by atoms with E-state index in [0.29, 0.717) is 16.9 Å². The normalized spacial score (nSPS) is 11.8. The lowest BCUT2D eigenvalue weighted by Crippen LogP contribution is -2.22. The van der Waals surface area contributed by atoms with Crippen LogP contribution in [0.4, 0.5) is 5.69 Å². The number of anilines is 1. The minimum Gasteiger partial charge on any atom is -0.506 e. The van der Waals surface area contributed by atoms with Crippen molar-refractivity contribution in [3.8, 4) is 22.6 Å². The SMILES string of the molecule is COc1ccc(-c2c(C)sc3ncnc(SC(C)C(=O)Nc4cc(C=O)ccc4O)c23)cc1. The zero-order valence-electron chi connectivity index (χ0n) is 18.2. The molecule has 0 aliphatic carbocycles. The number of thiophene rings is 1. The van der Waals surface area contributed by atoms with Crippen LogP contribution >= 0.6 is 23.1 Å². The number of carbonyl (C=O) groups is 2. The highest BCUT2D eigenvalue weighted by Crippen LogP contribution is 2.42. The second-order valence-corrected chi connectivity index (χ2v) is 9.80. The summed E-state index contributed by atoms with van der Waals surface area (Å²) < 4.78 is 5.27. The van der Waals surface area contributed by atoms with Gasteiger partial charge in [0.2, 0.25) is 5.91 Å². The van der Waals surface area contributed by atoms with Gasteiger partial charge in [0.15, 0.2) is 0 Å². The summed E-state index contributed by atoms with van der Waals surface area (Å²) in [4.78, 5) is 34.7. The number of hydrogen-bond donors (Lipinski definition) is 2. The van der Waals surface area contributed by atoms with Crippen molar-refractivity contribution < 1.29 is 19.4 Å². The van der Waals surface area contributed by atoms with Crippen LogP contribution < -0.4 is 10.1 Å². The molecule has 7 nitrogen and oxygen atoms in total. The average Bonchev–Trinajstić information content (AvgIpc) is 3.17. The van der Waals surface area contributed by atoms with Crippen LogP contribution in [-0.4, -0.2) is 39.6 Å². The summed E-state index contributed by atoms with van der Waals surface area (Å²) in [5.41, 5.74) is 2.60. The van der Waals surface area contributed by atoms with Crippen LogP contribution in [0.5, 0.6) is 11.5 Å². The number of aromatic nitrogens is 2. The van der Waals surface area contributed by atoms with Gasteiger partial charge in [-0.3, -0.25) is 9.59 Å². The van der Waals surface area contributed by atoms with Gasteiger partial charge in [-0.15, -0.1) is 11.3 Å². The van der Waals surface area contributed by atoms with Gasteiger partial charge in [0.1, 0.15) is 34.0 Å². The minimum absolute atomic E-state index is 0.106. The fourth-order valence-corrected chi connectivity index (χ4v) is 5.40. The summed E-state index contributed by atoms with van der Waals surface area (Å²) in [6, 6.07) is 12.1. The Balaban J connectivity index is 1.64. The zero-order chi connectivity index (χ0) is 23.5. The Morgan fingerprint density at radius 3 is 2.67 bits per heavy atom. The topological polar surface area (TPSA) is 101 Å². The number of aryl methyl sites for hydroxylation is 1. The Bertz CT molecular complexity index is 1340. The van der Waals surface area contributed by atoms with Gasteiger partial charge in [-0.1, -0.05) is 23.9 Å². The predicted molar refractivity (Wildman–Crippen MR) is 132 cm³/mol. The molecule has 0 aliphatic heterocycles. The number of amides is 1. The van der Waals surface area contributed by atoms with E-state index in [1.54, 1.807) is 25.4 Å². The van der Waals surface area contributed by atoms with Crippen LogP contribution in [-0.2, 0) is 4.79 Å². The van der Waals surface area contributed by atoms with Gasteiger partial charge in [-0.05, 0) is 49.7 Å². The standard InChI is InChI=1S/C24H21N3O4S2/c1-13-20(16-5-7-17(31-3)8-6-16)21-23(32-13)25-12-26-24(21)33-14(2)22(30)27-18-10-15(11-28)4-9-19(18)29/h4-12,14,29H,1-3H3,(H,27,30). The summed E-state index contributed by atoms with van der Waals surface area (Å²) in [5, 5.41) is 13.8. The Hall–Kier alpha value is -3.43. The molecule has 0 saturated carbocycles. The number of nitrogens with one attached hydrogen (secondary N) is 1. The van der Waals surface area contributed by atoms with Crippen LogP contribution in [0.25, 0.3) is 21.3 Å². The smallest absolute Gasteiger partial charge is 0.237 e. The first-order chi connectivity index (χ1) is 15.9. The van der Waals surface area contributed by atoms with Crippen LogP contribution in [0.3, 0.4) is 0 Å². The number of nitrogens with zero attached hydrogens (tertiary/aromatic N) is 2. The second-order valence-electron chi connectivity index (χ2n) is 7.26. The maximum atomic E-state index is 12.8. The van der Waals surface area contributed by atoms with E-state index in [0.717, 1.165) is 32.0 Å². The number of aldehydes is 1. The molecule has 2 aromatic carbocycles. The molecule has 0 fully saturated rings. The summed E-state index contributed by atoms with van der Waals surface area (Å²) in [7, 11) is 1.63. The van der Waals surface area contributed by atoms with Gasteiger partial charge < -0.3 is 15.2 Å². The molecule has 2 heterocycles. The number of methoxy groups -OCH3 is 1. The maximum absolute atomic E-state index is 12.8. The summed E-state index contributed by atoms with van der Waals surface area (Å²) in [5.74, 6) is 0.350. The number of carbonyl (C=O) groups excluding carboxylic acids is 2. The number of phenols is 1. The molecular weight excluding hydrogens is 458 g/mol. The lowest BCUT2D eigenvalue weighted by atomic mass is 10.0. The first-order valence-corrected chi connectivity index (χ1v) is 11.7. The Labute approximate surface area is 198 Å². The third kappa shape index (κ3) is 4.69. The third-order valence-corrected chi connectivity index (χ3v) is 7.19. The van der Waals surface area contributed by atoms with Crippen molar-refractivity contribution in [3.05, 3.63) is 59.2 Å². The van der Waals surface area contributed by atoms with Crippen molar-refractivity contribution in [1.82, 2.24) is 9.97 Å². The van der Waals surface area contributed by atoms with Gasteiger partial charge in [0.05, 0.1) is 23.4 Å². The Morgan fingerprint density at radius 2 is 1.97 bits per heavy atom. The van der Waals surface area contributed by atoms with Crippen LogP contribution in [0.15, 0.2) is 53.8 Å². The molecule has 0 bridgehead atoms. The highest BCUT2D eigenvalue weighted by Gasteiger charge is 2.22. The molecule has 1 amide bonds. The van der Waals surface area contributed by atoms with E-state index in [1.165, 1.54) is 36.3 Å². The molecule has 33 heavy (non-hydrogen) atoms. The van der Waals surface area contributed by atoms with E-state index < -0.39 is 5.25 Å². The lowest BCUT2D eigenvalue weighted by molar-refractivity contribution is -0.115. The number of thioether (sulfide) groups is 1. The van der Waals surface area contributed by atoms with Crippen molar-refractivity contribution in [2.75, 3.05) is 12.4 Å². The molecule has 9 heteroatoms. The fraction of sp³-hybridized carbons (Fsp3) is 0.167. The number of phenolic OH excluding ortho intramolecular Hbond substituents is 1. The quantitative estimate of drug-likeness (QED) is 0.160. The number of rotatable bonds is 7. The molecule has 168 valence electrons. The van der Waals surface area contributed by atoms with Gasteiger partial charge in [0.25, 0.3) is 0 Å². The van der Waals surface area contributed by atoms with E-state index in [4.69, 9.17) is 4.74 Å². The number of benzene rings is 2. The van der Waals surface area contributed by atoms with E-state index in [2.05, 4.69) is 15.3 Å². The summed E-state index contributed by atoms with van der Waals surface area (Å²) in [6.07, 6.45) is 2.16. The minimum atomic E-state index is -0.522. The highest BCUT2D eigenvalue weighted by atomic mass is 32.2. The molecule has 1 unspecified atom stereocenters.